The van der Waals surface area contributed by atoms with E-state index >= 15 is 0 Å². The van der Waals surface area contributed by atoms with E-state index in [-0.39, 0.29) is 6.42 Å². The SMILES string of the molecule is CCCCCCC(N=[N+]=[N-])C(F)(F)F. The number of hydrogen-bond donors (Lipinski definition) is 0. The Morgan fingerprint density at radius 1 is 1.29 bits per heavy atom. The molecule has 0 bridgehead atoms. The maximum Gasteiger partial charge on any atom is 0.397 e. The van der Waals surface area contributed by atoms with Gasteiger partial charge < -0.3 is 0 Å². The number of nitrogens with zero attached hydrogens (tertiary/aromatic N) is 3. The average Bonchev–Trinajstić information content (AvgIpc) is 2.08. The summed E-state index contributed by atoms with van der Waals surface area (Å²) in [5.74, 6) is 0. The van der Waals surface area contributed by atoms with Gasteiger partial charge in [0.1, 0.15) is 6.04 Å². The summed E-state index contributed by atoms with van der Waals surface area (Å²) in [6, 6.07) is -1.86. The van der Waals surface area contributed by atoms with Crippen LogP contribution in [0.1, 0.15) is 39.0 Å². The molecule has 0 aromatic carbocycles. The van der Waals surface area contributed by atoms with Crippen molar-refractivity contribution < 1.29 is 13.2 Å². The topological polar surface area (TPSA) is 48.8 Å². The zero-order chi connectivity index (χ0) is 11.0. The summed E-state index contributed by atoms with van der Waals surface area (Å²) in [5, 5.41) is 2.75. The van der Waals surface area contributed by atoms with Gasteiger partial charge in [-0.25, -0.2) is 0 Å². The molecule has 0 aromatic heterocycles. The number of azide groups is 1. The fourth-order valence-corrected chi connectivity index (χ4v) is 1.11. The minimum absolute atomic E-state index is 0.104. The number of halogens is 3. The van der Waals surface area contributed by atoms with Crippen LogP contribution >= 0.6 is 0 Å². The first-order valence-electron chi connectivity index (χ1n) is 4.63. The zero-order valence-corrected chi connectivity index (χ0v) is 8.09. The molecule has 3 nitrogen and oxygen atoms in total. The van der Waals surface area contributed by atoms with Crippen molar-refractivity contribution in [1.82, 2.24) is 0 Å². The van der Waals surface area contributed by atoms with Crippen LogP contribution in [0.25, 0.3) is 10.4 Å². The van der Waals surface area contributed by atoms with Crippen LogP contribution in [0.15, 0.2) is 5.11 Å². The monoisotopic (exact) mass is 209 g/mol. The third-order valence-electron chi connectivity index (χ3n) is 1.90. The van der Waals surface area contributed by atoms with Crippen molar-refractivity contribution in [1.29, 1.82) is 0 Å². The largest absolute Gasteiger partial charge is 0.397 e. The van der Waals surface area contributed by atoms with Crippen molar-refractivity contribution >= 4 is 0 Å². The Kier molecular flexibility index (Phi) is 6.12. The molecule has 0 radical (unpaired) electrons. The molecule has 0 aliphatic heterocycles. The summed E-state index contributed by atoms with van der Waals surface area (Å²) < 4.78 is 36.5. The van der Waals surface area contributed by atoms with Crippen LogP contribution in [0, 0.1) is 0 Å². The summed E-state index contributed by atoms with van der Waals surface area (Å²) in [6.07, 6.45) is -1.41. The highest BCUT2D eigenvalue weighted by Crippen LogP contribution is 2.27. The second kappa shape index (κ2) is 6.54. The van der Waals surface area contributed by atoms with Gasteiger partial charge >= 0.3 is 6.18 Å². The molecule has 82 valence electrons. The smallest absolute Gasteiger partial charge is 0.171 e. The van der Waals surface area contributed by atoms with E-state index in [9.17, 15) is 13.2 Å². The van der Waals surface area contributed by atoms with Gasteiger partial charge in [-0.2, -0.15) is 13.2 Å². The van der Waals surface area contributed by atoms with Crippen molar-refractivity contribution in [3.8, 4) is 0 Å². The highest BCUT2D eigenvalue weighted by atomic mass is 19.4. The molecular formula is C8H14F3N3. The molecule has 0 saturated heterocycles. The molecule has 0 spiro atoms. The molecule has 0 amide bonds. The molecule has 0 aromatic rings. The Morgan fingerprint density at radius 3 is 2.36 bits per heavy atom. The van der Waals surface area contributed by atoms with Gasteiger partial charge in [0.05, 0.1) is 0 Å². The molecular weight excluding hydrogens is 195 g/mol. The molecule has 0 aliphatic carbocycles. The summed E-state index contributed by atoms with van der Waals surface area (Å²) in [7, 11) is 0. The molecule has 0 heterocycles. The zero-order valence-electron chi connectivity index (χ0n) is 8.09. The Hall–Kier alpha value is -0.900. The van der Waals surface area contributed by atoms with E-state index in [1.165, 1.54) is 0 Å². The first-order chi connectivity index (χ1) is 6.52. The minimum Gasteiger partial charge on any atom is -0.171 e. The molecule has 0 fully saturated rings. The Balaban J connectivity index is 3.93. The fourth-order valence-electron chi connectivity index (χ4n) is 1.11. The highest BCUT2D eigenvalue weighted by molar-refractivity contribution is 4.75. The van der Waals surface area contributed by atoms with E-state index in [2.05, 4.69) is 10.0 Å². The quantitative estimate of drug-likeness (QED) is 0.272. The molecule has 1 unspecified atom stereocenters. The van der Waals surface area contributed by atoms with Crippen molar-refractivity contribution in [3.05, 3.63) is 10.4 Å². The van der Waals surface area contributed by atoms with Crippen molar-refractivity contribution in [3.63, 3.8) is 0 Å². The lowest BCUT2D eigenvalue weighted by molar-refractivity contribution is -0.148. The molecule has 0 saturated carbocycles. The first kappa shape index (κ1) is 13.1. The lowest BCUT2D eigenvalue weighted by atomic mass is 10.1. The second-order valence-corrected chi connectivity index (χ2v) is 3.11. The van der Waals surface area contributed by atoms with Crippen LogP contribution in [-0.4, -0.2) is 12.2 Å². The van der Waals surface area contributed by atoms with E-state index in [1.807, 2.05) is 6.92 Å². The van der Waals surface area contributed by atoms with Crippen LogP contribution in [0.2, 0.25) is 0 Å². The summed E-state index contributed by atoms with van der Waals surface area (Å²) >= 11 is 0. The normalized spacial score (nSPS) is 13.4. The van der Waals surface area contributed by atoms with Crippen LogP contribution in [-0.2, 0) is 0 Å². The van der Waals surface area contributed by atoms with Gasteiger partial charge in [-0.05, 0) is 12.0 Å². The van der Waals surface area contributed by atoms with Crippen LogP contribution < -0.4 is 0 Å². The van der Waals surface area contributed by atoms with E-state index in [4.69, 9.17) is 5.53 Å². The first-order valence-corrected chi connectivity index (χ1v) is 4.63. The van der Waals surface area contributed by atoms with Gasteiger partial charge in [0.25, 0.3) is 0 Å². The summed E-state index contributed by atoms with van der Waals surface area (Å²) in [6.45, 7) is 1.98. The van der Waals surface area contributed by atoms with Crippen molar-refractivity contribution in [2.75, 3.05) is 0 Å². The number of hydrogen-bond acceptors (Lipinski definition) is 1. The van der Waals surface area contributed by atoms with Gasteiger partial charge in [-0.3, -0.25) is 0 Å². The van der Waals surface area contributed by atoms with Crippen LogP contribution in [0.3, 0.4) is 0 Å². The number of unbranched alkanes of at least 4 members (excludes halogenated alkanes) is 3. The molecule has 0 N–H and O–H groups in total. The van der Waals surface area contributed by atoms with E-state index in [0.29, 0.717) is 6.42 Å². The van der Waals surface area contributed by atoms with Crippen LogP contribution in [0.5, 0.6) is 0 Å². The predicted molar refractivity (Wildman–Crippen MR) is 47.7 cm³/mol. The standard InChI is InChI=1S/C8H14F3N3/c1-2-3-4-5-6-7(13-14-12)8(9,10)11/h7H,2-6H2,1H3. The minimum atomic E-state index is -4.40. The predicted octanol–water partition coefficient (Wildman–Crippen LogP) is 4.20. The Bertz CT molecular complexity index is 196. The highest BCUT2D eigenvalue weighted by Gasteiger charge is 2.38. The lowest BCUT2D eigenvalue weighted by Crippen LogP contribution is -2.26. The van der Waals surface area contributed by atoms with Gasteiger partial charge in [0.2, 0.25) is 0 Å². The fraction of sp³-hybridized carbons (Fsp3) is 1.00. The molecule has 14 heavy (non-hydrogen) atoms. The van der Waals surface area contributed by atoms with Gasteiger partial charge in [-0.1, -0.05) is 37.7 Å². The van der Waals surface area contributed by atoms with E-state index in [0.717, 1.165) is 19.3 Å². The third kappa shape index (κ3) is 5.70. The molecule has 0 rings (SSSR count). The van der Waals surface area contributed by atoms with Crippen LogP contribution in [0.4, 0.5) is 13.2 Å². The van der Waals surface area contributed by atoms with E-state index in [1.54, 1.807) is 0 Å². The van der Waals surface area contributed by atoms with E-state index < -0.39 is 12.2 Å². The lowest BCUT2D eigenvalue weighted by Gasteiger charge is -2.14. The number of rotatable bonds is 6. The maximum atomic E-state index is 12.2. The summed E-state index contributed by atoms with van der Waals surface area (Å²) in [5.41, 5.74) is 7.96. The van der Waals surface area contributed by atoms with Gasteiger partial charge in [-0.15, -0.1) is 0 Å². The van der Waals surface area contributed by atoms with Gasteiger partial charge in [0.15, 0.2) is 0 Å². The number of alkyl halides is 3. The van der Waals surface area contributed by atoms with Crippen molar-refractivity contribution in [2.24, 2.45) is 5.11 Å². The average molecular weight is 209 g/mol. The second-order valence-electron chi connectivity index (χ2n) is 3.11. The third-order valence-corrected chi connectivity index (χ3v) is 1.90. The summed E-state index contributed by atoms with van der Waals surface area (Å²) in [4.78, 5) is 2.21. The maximum absolute atomic E-state index is 12.2. The Labute approximate surface area is 80.9 Å². The van der Waals surface area contributed by atoms with Crippen molar-refractivity contribution in [2.45, 2.75) is 51.2 Å². The Morgan fingerprint density at radius 2 is 1.93 bits per heavy atom. The molecule has 6 heteroatoms. The van der Waals surface area contributed by atoms with Gasteiger partial charge in [0, 0.05) is 4.91 Å². The molecule has 1 atom stereocenters. The molecule has 0 aliphatic rings.